The Morgan fingerprint density at radius 1 is 1.41 bits per heavy atom. The second kappa shape index (κ2) is 6.24. The van der Waals surface area contributed by atoms with Gasteiger partial charge < -0.3 is 10.4 Å². The fraction of sp³-hybridized carbons (Fsp3) is 0.417. The third-order valence-electron chi connectivity index (χ3n) is 2.46. The van der Waals surface area contributed by atoms with Gasteiger partial charge in [0, 0.05) is 16.6 Å². The molecule has 2 N–H and O–H groups in total. The summed E-state index contributed by atoms with van der Waals surface area (Å²) < 4.78 is 0. The minimum atomic E-state index is -0.856. The molecule has 5 heteroatoms. The van der Waals surface area contributed by atoms with Crippen LogP contribution < -0.4 is 5.32 Å². The normalized spacial score (nSPS) is 12.8. The van der Waals surface area contributed by atoms with E-state index in [1.54, 1.807) is 18.2 Å². The lowest BCUT2D eigenvalue weighted by atomic mass is 10.0. The largest absolute Gasteiger partial charge is 0.480 e. The molecule has 1 aromatic carbocycles. The predicted octanol–water partition coefficient (Wildman–Crippen LogP) is 3.19. The molecule has 0 heterocycles. The number of carboxylic acids is 1. The van der Waals surface area contributed by atoms with Gasteiger partial charge in [0.05, 0.1) is 0 Å². The van der Waals surface area contributed by atoms with Crippen LogP contribution in [0, 0.1) is 5.92 Å². The molecule has 0 aliphatic carbocycles. The minimum Gasteiger partial charge on any atom is -0.480 e. The first kappa shape index (κ1) is 14.3. The lowest BCUT2D eigenvalue weighted by Crippen LogP contribution is -2.40. The van der Waals surface area contributed by atoms with E-state index in [0.717, 1.165) is 5.56 Å². The van der Waals surface area contributed by atoms with Gasteiger partial charge in [0.1, 0.15) is 6.04 Å². The average Bonchev–Trinajstić information content (AvgIpc) is 2.20. The van der Waals surface area contributed by atoms with E-state index in [2.05, 4.69) is 5.32 Å². The molecule has 0 bridgehead atoms. The van der Waals surface area contributed by atoms with Gasteiger partial charge in [-0.2, -0.15) is 0 Å². The van der Waals surface area contributed by atoms with Crippen molar-refractivity contribution in [3.63, 3.8) is 0 Å². The number of carboxylic acid groups (broad SMARTS) is 1. The van der Waals surface area contributed by atoms with Gasteiger partial charge in [-0.15, -0.1) is 0 Å². The van der Waals surface area contributed by atoms with Crippen molar-refractivity contribution in [1.82, 2.24) is 5.32 Å². The Morgan fingerprint density at radius 3 is 2.53 bits per heavy atom. The molecule has 0 saturated carbocycles. The summed E-state index contributed by atoms with van der Waals surface area (Å²) in [4.78, 5) is 11.0. The summed E-state index contributed by atoms with van der Waals surface area (Å²) in [6.45, 7) is 4.12. The third-order valence-corrected chi connectivity index (χ3v) is 3.05. The van der Waals surface area contributed by atoms with Crippen LogP contribution in [0.15, 0.2) is 18.2 Å². The summed E-state index contributed by atoms with van der Waals surface area (Å²) in [6.07, 6.45) is 0. The summed E-state index contributed by atoms with van der Waals surface area (Å²) in [5, 5.41) is 13.1. The SMILES string of the molecule is CC(C)C(NCc1ccc(Cl)cc1Cl)C(=O)O. The first-order valence-corrected chi connectivity index (χ1v) is 6.07. The zero-order valence-corrected chi connectivity index (χ0v) is 11.2. The minimum absolute atomic E-state index is 0.0126. The lowest BCUT2D eigenvalue weighted by molar-refractivity contribution is -0.140. The maximum absolute atomic E-state index is 11.0. The molecule has 1 unspecified atom stereocenters. The molecule has 3 nitrogen and oxygen atoms in total. The van der Waals surface area contributed by atoms with Gasteiger partial charge >= 0.3 is 5.97 Å². The molecule has 0 aliphatic rings. The molecule has 94 valence electrons. The van der Waals surface area contributed by atoms with Gasteiger partial charge in [-0.3, -0.25) is 4.79 Å². The van der Waals surface area contributed by atoms with Crippen LogP contribution in [-0.4, -0.2) is 17.1 Å². The molecular weight excluding hydrogens is 261 g/mol. The topological polar surface area (TPSA) is 49.3 Å². The van der Waals surface area contributed by atoms with Gasteiger partial charge in [0.25, 0.3) is 0 Å². The van der Waals surface area contributed by atoms with E-state index in [1.807, 2.05) is 13.8 Å². The van der Waals surface area contributed by atoms with Crippen molar-refractivity contribution in [2.24, 2.45) is 5.92 Å². The Kier molecular flexibility index (Phi) is 5.25. The van der Waals surface area contributed by atoms with Crippen molar-refractivity contribution in [3.8, 4) is 0 Å². The molecular formula is C12H15Cl2NO2. The van der Waals surface area contributed by atoms with Crippen LogP contribution in [0.1, 0.15) is 19.4 Å². The number of hydrogen-bond donors (Lipinski definition) is 2. The predicted molar refractivity (Wildman–Crippen MR) is 69.6 cm³/mol. The van der Waals surface area contributed by atoms with Gasteiger partial charge in [-0.25, -0.2) is 0 Å². The van der Waals surface area contributed by atoms with Crippen LogP contribution in [0.5, 0.6) is 0 Å². The number of rotatable bonds is 5. The molecule has 0 spiro atoms. The van der Waals surface area contributed by atoms with Crippen molar-refractivity contribution >= 4 is 29.2 Å². The van der Waals surface area contributed by atoms with Crippen molar-refractivity contribution in [2.75, 3.05) is 0 Å². The van der Waals surface area contributed by atoms with Crippen LogP contribution in [0.2, 0.25) is 10.0 Å². The van der Waals surface area contributed by atoms with Crippen molar-refractivity contribution in [2.45, 2.75) is 26.4 Å². The van der Waals surface area contributed by atoms with Crippen LogP contribution in [-0.2, 0) is 11.3 Å². The summed E-state index contributed by atoms with van der Waals surface area (Å²) >= 11 is 11.8. The van der Waals surface area contributed by atoms with E-state index >= 15 is 0 Å². The summed E-state index contributed by atoms with van der Waals surface area (Å²) in [7, 11) is 0. The van der Waals surface area contributed by atoms with Gasteiger partial charge in [-0.1, -0.05) is 43.1 Å². The molecule has 0 radical (unpaired) electrons. The fourth-order valence-electron chi connectivity index (χ4n) is 1.49. The smallest absolute Gasteiger partial charge is 0.320 e. The number of hydrogen-bond acceptors (Lipinski definition) is 2. The Bertz CT molecular complexity index is 407. The molecule has 0 fully saturated rings. The highest BCUT2D eigenvalue weighted by atomic mass is 35.5. The molecule has 1 atom stereocenters. The summed E-state index contributed by atoms with van der Waals surface area (Å²) in [6, 6.07) is 4.58. The Balaban J connectivity index is 2.69. The number of halogens is 2. The molecule has 0 aromatic heterocycles. The number of carbonyl (C=O) groups is 1. The lowest BCUT2D eigenvalue weighted by Gasteiger charge is -2.18. The van der Waals surface area contributed by atoms with E-state index in [-0.39, 0.29) is 5.92 Å². The average molecular weight is 276 g/mol. The maximum Gasteiger partial charge on any atom is 0.320 e. The maximum atomic E-state index is 11.0. The first-order chi connectivity index (χ1) is 7.91. The van der Waals surface area contributed by atoms with Crippen molar-refractivity contribution < 1.29 is 9.90 Å². The number of aliphatic carboxylic acids is 1. The van der Waals surface area contributed by atoms with Gasteiger partial charge in [0.2, 0.25) is 0 Å². The van der Waals surface area contributed by atoms with Crippen molar-refractivity contribution in [3.05, 3.63) is 33.8 Å². The van der Waals surface area contributed by atoms with Gasteiger partial charge in [-0.05, 0) is 23.6 Å². The first-order valence-electron chi connectivity index (χ1n) is 5.32. The van der Waals surface area contributed by atoms with E-state index < -0.39 is 12.0 Å². The van der Waals surface area contributed by atoms with E-state index in [0.29, 0.717) is 16.6 Å². The van der Waals surface area contributed by atoms with E-state index in [9.17, 15) is 4.79 Å². The molecule has 0 aliphatic heterocycles. The van der Waals surface area contributed by atoms with Crippen LogP contribution >= 0.6 is 23.2 Å². The Hall–Kier alpha value is -0.770. The molecule has 1 rings (SSSR count). The Morgan fingerprint density at radius 2 is 2.06 bits per heavy atom. The fourth-order valence-corrected chi connectivity index (χ4v) is 1.97. The zero-order valence-electron chi connectivity index (χ0n) is 9.71. The van der Waals surface area contributed by atoms with Crippen LogP contribution in [0.25, 0.3) is 0 Å². The second-order valence-corrected chi connectivity index (χ2v) is 5.02. The second-order valence-electron chi connectivity index (χ2n) is 4.18. The summed E-state index contributed by atoms with van der Waals surface area (Å²) in [5.41, 5.74) is 0.836. The molecule has 17 heavy (non-hydrogen) atoms. The quantitative estimate of drug-likeness (QED) is 0.868. The monoisotopic (exact) mass is 275 g/mol. The highest BCUT2D eigenvalue weighted by Crippen LogP contribution is 2.21. The Labute approximate surface area is 111 Å². The standard InChI is InChI=1S/C12H15Cl2NO2/c1-7(2)11(12(16)17)15-6-8-3-4-9(13)5-10(8)14/h3-5,7,11,15H,6H2,1-2H3,(H,16,17). The van der Waals surface area contributed by atoms with Crippen molar-refractivity contribution in [1.29, 1.82) is 0 Å². The summed E-state index contributed by atoms with van der Waals surface area (Å²) in [5.74, 6) is -0.844. The van der Waals surface area contributed by atoms with Crippen LogP contribution in [0.3, 0.4) is 0 Å². The molecule has 0 saturated heterocycles. The number of nitrogens with one attached hydrogen (secondary N) is 1. The third kappa shape index (κ3) is 4.19. The van der Waals surface area contributed by atoms with Crippen LogP contribution in [0.4, 0.5) is 0 Å². The van der Waals surface area contributed by atoms with E-state index in [4.69, 9.17) is 28.3 Å². The highest BCUT2D eigenvalue weighted by molar-refractivity contribution is 6.35. The number of benzene rings is 1. The van der Waals surface area contributed by atoms with Gasteiger partial charge in [0.15, 0.2) is 0 Å². The molecule has 0 amide bonds. The highest BCUT2D eigenvalue weighted by Gasteiger charge is 2.20. The molecule has 1 aromatic rings. The van der Waals surface area contributed by atoms with E-state index in [1.165, 1.54) is 0 Å². The zero-order chi connectivity index (χ0) is 13.0.